The van der Waals surface area contributed by atoms with Gasteiger partial charge in [0.05, 0.1) is 23.4 Å². The summed E-state index contributed by atoms with van der Waals surface area (Å²) in [4.78, 5) is 16.0. The monoisotopic (exact) mass is 326 g/mol. The number of carbonyl (C=O) groups is 1. The average Bonchev–Trinajstić information content (AvgIpc) is 3.13. The van der Waals surface area contributed by atoms with Crippen LogP contribution in [-0.2, 0) is 11.2 Å². The number of aromatic nitrogens is 1. The second-order valence-corrected chi connectivity index (χ2v) is 5.24. The molecule has 2 aromatic carbocycles. The van der Waals surface area contributed by atoms with Crippen LogP contribution in [0.25, 0.3) is 0 Å². The molecule has 0 saturated heterocycles. The van der Waals surface area contributed by atoms with Crippen LogP contribution >= 0.6 is 0 Å². The van der Waals surface area contributed by atoms with Gasteiger partial charge in [-0.25, -0.2) is 0 Å². The Balaban J connectivity index is 0.00000225. The molecule has 0 aliphatic rings. The molecule has 0 saturated carbocycles. The molecule has 6 heteroatoms. The van der Waals surface area contributed by atoms with Crippen LogP contribution in [0.3, 0.4) is 0 Å². The van der Waals surface area contributed by atoms with Crippen LogP contribution in [-0.4, -0.2) is 22.9 Å². The number of benzene rings is 2. The maximum atomic E-state index is 11.5. The van der Waals surface area contributed by atoms with Crippen molar-refractivity contribution in [3.8, 4) is 0 Å². The molecule has 0 N–H and O–H groups in total. The summed E-state index contributed by atoms with van der Waals surface area (Å²) in [5.41, 5.74) is 2.81. The van der Waals surface area contributed by atoms with E-state index in [-0.39, 0.29) is 25.3 Å². The van der Waals surface area contributed by atoms with Gasteiger partial charge in [0, 0.05) is 23.6 Å². The first-order valence-corrected chi connectivity index (χ1v) is 7.53. The van der Waals surface area contributed by atoms with Crippen LogP contribution in [0.5, 0.6) is 0 Å². The summed E-state index contributed by atoms with van der Waals surface area (Å²) < 4.78 is 4.76. The van der Waals surface area contributed by atoms with Crippen molar-refractivity contribution in [3.63, 3.8) is 0 Å². The van der Waals surface area contributed by atoms with Gasteiger partial charge in [-0.3, -0.25) is 4.99 Å². The summed E-state index contributed by atoms with van der Waals surface area (Å²) in [5.74, 6) is -1.25. The molecule has 0 amide bonds. The molecule has 1 aromatic heterocycles. The molecule has 0 fully saturated rings. The van der Waals surface area contributed by atoms with E-state index in [0.717, 1.165) is 11.1 Å². The summed E-state index contributed by atoms with van der Waals surface area (Å²) in [7, 11) is 0. The Kier molecular flexibility index (Phi) is 6.76. The van der Waals surface area contributed by atoms with Gasteiger partial charge < -0.3 is 14.4 Å². The third kappa shape index (κ3) is 4.93. The Hall–Kier alpha value is -2.61. The Morgan fingerprint density at radius 3 is 2.00 bits per heavy atom. The zero-order valence-electron chi connectivity index (χ0n) is 13.8. The van der Waals surface area contributed by atoms with E-state index in [4.69, 9.17) is 4.52 Å². The molecule has 120 valence electrons. The third-order valence-corrected chi connectivity index (χ3v) is 3.55. The first-order chi connectivity index (χ1) is 11.7. The fourth-order valence-electron chi connectivity index (χ4n) is 2.39. The number of rotatable bonds is 6. The van der Waals surface area contributed by atoms with E-state index in [9.17, 15) is 9.90 Å². The van der Waals surface area contributed by atoms with Gasteiger partial charge in [0.15, 0.2) is 0 Å². The Morgan fingerprint density at radius 2 is 1.56 bits per heavy atom. The fourth-order valence-corrected chi connectivity index (χ4v) is 2.39. The molecule has 25 heavy (non-hydrogen) atoms. The van der Waals surface area contributed by atoms with E-state index in [2.05, 4.69) is 10.1 Å². The number of carboxylic acid groups (broad SMARTS) is 1. The van der Waals surface area contributed by atoms with Gasteiger partial charge in [-0.15, -0.1) is 0 Å². The zero-order chi connectivity index (χ0) is 16.8. The molecule has 0 radical (unpaired) electrons. The molecule has 3 aromatic rings. The summed E-state index contributed by atoms with van der Waals surface area (Å²) in [6.45, 7) is 0. The SMILES string of the molecule is O=C([O-])C(Cc1ccon1)N=C(c1ccccc1)c1ccccc1.[Li+]. The molecule has 3 rings (SSSR count). The fraction of sp³-hybridized carbons (Fsp3) is 0.105. The van der Waals surface area contributed by atoms with Gasteiger partial charge in [0.25, 0.3) is 0 Å². The van der Waals surface area contributed by atoms with E-state index in [1.807, 2.05) is 60.7 Å². The van der Waals surface area contributed by atoms with Crippen LogP contribution in [0.1, 0.15) is 16.8 Å². The number of carboxylic acids is 1. The van der Waals surface area contributed by atoms with Gasteiger partial charge in [0.1, 0.15) is 6.26 Å². The molecule has 0 aliphatic carbocycles. The van der Waals surface area contributed by atoms with E-state index in [1.54, 1.807) is 6.07 Å². The Morgan fingerprint density at radius 1 is 1.00 bits per heavy atom. The molecule has 0 spiro atoms. The smallest absolute Gasteiger partial charge is 0.548 e. The molecule has 5 nitrogen and oxygen atoms in total. The van der Waals surface area contributed by atoms with Crippen molar-refractivity contribution < 1.29 is 33.3 Å². The quantitative estimate of drug-likeness (QED) is 0.424. The maximum absolute atomic E-state index is 11.5. The standard InChI is InChI=1S/C19H16N2O3.Li/c22-19(23)17(13-16-11-12-24-21-16)20-18(14-7-3-1-4-8-14)15-9-5-2-6-10-15;/h1-12,17H,13H2,(H,22,23);/q;+1/p-1. The van der Waals surface area contributed by atoms with E-state index < -0.39 is 12.0 Å². The van der Waals surface area contributed by atoms with Gasteiger partial charge in [-0.05, 0) is 0 Å². The number of hydrogen-bond acceptors (Lipinski definition) is 5. The molecular formula is C19H15LiN2O3. The first-order valence-electron chi connectivity index (χ1n) is 7.53. The van der Waals surface area contributed by atoms with E-state index in [0.29, 0.717) is 11.4 Å². The van der Waals surface area contributed by atoms with Crippen LogP contribution in [0.4, 0.5) is 0 Å². The van der Waals surface area contributed by atoms with Gasteiger partial charge in [-0.1, -0.05) is 65.8 Å². The number of aliphatic carboxylic acids is 1. The topological polar surface area (TPSA) is 78.5 Å². The minimum Gasteiger partial charge on any atom is -0.548 e. The van der Waals surface area contributed by atoms with E-state index in [1.165, 1.54) is 6.26 Å². The number of nitrogens with zero attached hydrogens (tertiary/aromatic N) is 2. The van der Waals surface area contributed by atoms with Crippen molar-refractivity contribution >= 4 is 11.7 Å². The van der Waals surface area contributed by atoms with Crippen molar-refractivity contribution in [2.75, 3.05) is 0 Å². The van der Waals surface area contributed by atoms with Gasteiger partial charge in [-0.2, -0.15) is 0 Å². The number of hydrogen-bond donors (Lipinski definition) is 0. The third-order valence-electron chi connectivity index (χ3n) is 3.55. The molecule has 0 aliphatic heterocycles. The van der Waals surface area contributed by atoms with Crippen molar-refractivity contribution in [1.29, 1.82) is 0 Å². The van der Waals surface area contributed by atoms with Crippen LogP contribution in [0.2, 0.25) is 0 Å². The van der Waals surface area contributed by atoms with Crippen molar-refractivity contribution in [1.82, 2.24) is 5.16 Å². The van der Waals surface area contributed by atoms with E-state index >= 15 is 0 Å². The number of aliphatic imine (C=N–C) groups is 1. The van der Waals surface area contributed by atoms with Gasteiger partial charge in [0.2, 0.25) is 0 Å². The summed E-state index contributed by atoms with van der Waals surface area (Å²) >= 11 is 0. The molecule has 1 heterocycles. The zero-order valence-corrected chi connectivity index (χ0v) is 13.8. The van der Waals surface area contributed by atoms with Crippen LogP contribution in [0.15, 0.2) is 82.5 Å². The molecule has 1 atom stereocenters. The second kappa shape index (κ2) is 9.02. The average molecular weight is 326 g/mol. The summed E-state index contributed by atoms with van der Waals surface area (Å²) in [6.07, 6.45) is 1.52. The molecular weight excluding hydrogens is 311 g/mol. The molecule has 1 unspecified atom stereocenters. The summed E-state index contributed by atoms with van der Waals surface area (Å²) in [5, 5.41) is 15.3. The first kappa shape index (κ1) is 18.7. The number of carbonyl (C=O) groups excluding carboxylic acids is 1. The van der Waals surface area contributed by atoms with Crippen LogP contribution in [0, 0.1) is 0 Å². The predicted molar refractivity (Wildman–Crippen MR) is 87.5 cm³/mol. The van der Waals surface area contributed by atoms with Crippen LogP contribution < -0.4 is 24.0 Å². The Bertz CT molecular complexity index is 777. The van der Waals surface area contributed by atoms with Crippen molar-refractivity contribution in [2.45, 2.75) is 12.5 Å². The maximum Gasteiger partial charge on any atom is 1.00 e. The largest absolute Gasteiger partial charge is 1.00 e. The minimum atomic E-state index is -1.25. The Labute approximate surface area is 157 Å². The predicted octanol–water partition coefficient (Wildman–Crippen LogP) is -1.12. The molecule has 0 bridgehead atoms. The summed E-state index contributed by atoms with van der Waals surface area (Å²) in [6, 6.07) is 19.5. The van der Waals surface area contributed by atoms with Gasteiger partial charge >= 0.3 is 18.9 Å². The minimum absolute atomic E-state index is 0. The normalized spacial score (nSPS) is 11.2. The van der Waals surface area contributed by atoms with Crippen molar-refractivity contribution in [2.24, 2.45) is 4.99 Å². The second-order valence-electron chi connectivity index (χ2n) is 5.24. The van der Waals surface area contributed by atoms with Crippen molar-refractivity contribution in [3.05, 3.63) is 89.8 Å².